The third-order valence-corrected chi connectivity index (χ3v) is 2.86. The molecule has 4 heteroatoms. The summed E-state index contributed by atoms with van der Waals surface area (Å²) in [6.07, 6.45) is 3.35. The maximum absolute atomic E-state index is 6.03. The van der Waals surface area contributed by atoms with Crippen LogP contribution in [0.1, 0.15) is 11.1 Å². The van der Waals surface area contributed by atoms with Crippen molar-refractivity contribution >= 4 is 17.3 Å². The van der Waals surface area contributed by atoms with E-state index in [-0.39, 0.29) is 0 Å². The number of pyridine rings is 1. The fraction of sp³-hybridized carbons (Fsp3) is 0.214. The number of rotatable bonds is 5. The van der Waals surface area contributed by atoms with E-state index in [1.807, 2.05) is 18.2 Å². The first kappa shape index (κ1) is 12.9. The molecule has 2 aromatic rings. The lowest BCUT2D eigenvalue weighted by Crippen LogP contribution is -2.01. The minimum absolute atomic E-state index is 0.629. The molecular weight excluding hydrogens is 248 g/mol. The van der Waals surface area contributed by atoms with Crippen molar-refractivity contribution in [2.75, 3.05) is 12.4 Å². The Balaban J connectivity index is 2.02. The minimum Gasteiger partial charge on any atom is -0.380 e. The van der Waals surface area contributed by atoms with E-state index >= 15 is 0 Å². The van der Waals surface area contributed by atoms with Crippen molar-refractivity contribution in [3.8, 4) is 0 Å². The smallest absolute Gasteiger partial charge is 0.0820 e. The van der Waals surface area contributed by atoms with Crippen LogP contribution < -0.4 is 5.32 Å². The van der Waals surface area contributed by atoms with Gasteiger partial charge in [-0.1, -0.05) is 35.9 Å². The highest BCUT2D eigenvalue weighted by atomic mass is 35.5. The summed E-state index contributed by atoms with van der Waals surface area (Å²) in [4.78, 5) is 3.95. The van der Waals surface area contributed by atoms with E-state index < -0.39 is 0 Å². The summed E-state index contributed by atoms with van der Waals surface area (Å²) in [6.45, 7) is 1.35. The summed E-state index contributed by atoms with van der Waals surface area (Å²) >= 11 is 6.03. The lowest BCUT2D eigenvalue weighted by Gasteiger charge is -2.09. The Morgan fingerprint density at radius 3 is 2.89 bits per heavy atom. The van der Waals surface area contributed by atoms with E-state index in [4.69, 9.17) is 16.3 Å². The number of halogens is 1. The Labute approximate surface area is 112 Å². The quantitative estimate of drug-likeness (QED) is 0.896. The van der Waals surface area contributed by atoms with Crippen LogP contribution in [0, 0.1) is 0 Å². The zero-order chi connectivity index (χ0) is 12.8. The van der Waals surface area contributed by atoms with E-state index in [1.54, 1.807) is 19.5 Å². The number of benzene rings is 1. The highest BCUT2D eigenvalue weighted by Crippen LogP contribution is 2.20. The van der Waals surface area contributed by atoms with Gasteiger partial charge in [-0.2, -0.15) is 0 Å². The van der Waals surface area contributed by atoms with Crippen LogP contribution in [0.25, 0.3) is 0 Å². The number of anilines is 1. The van der Waals surface area contributed by atoms with Crippen molar-refractivity contribution in [2.24, 2.45) is 0 Å². The molecule has 1 heterocycles. The lowest BCUT2D eigenvalue weighted by atomic mass is 10.1. The van der Waals surface area contributed by atoms with Crippen LogP contribution in [-0.2, 0) is 17.9 Å². The lowest BCUT2D eigenvalue weighted by molar-refractivity contribution is 0.185. The van der Waals surface area contributed by atoms with Crippen LogP contribution in [0.3, 0.4) is 0 Å². The number of hydrogen-bond acceptors (Lipinski definition) is 3. The van der Waals surface area contributed by atoms with Gasteiger partial charge in [0.15, 0.2) is 0 Å². The second-order valence-corrected chi connectivity index (χ2v) is 4.37. The van der Waals surface area contributed by atoms with Gasteiger partial charge in [0, 0.05) is 26.0 Å². The van der Waals surface area contributed by atoms with Gasteiger partial charge in [0.05, 0.1) is 17.3 Å². The first-order chi connectivity index (χ1) is 8.79. The molecule has 0 saturated carbocycles. The molecule has 0 aliphatic heterocycles. The van der Waals surface area contributed by atoms with Crippen LogP contribution in [0.5, 0.6) is 0 Å². The van der Waals surface area contributed by atoms with Gasteiger partial charge in [0.25, 0.3) is 0 Å². The molecule has 0 fully saturated rings. The van der Waals surface area contributed by atoms with Gasteiger partial charge in [-0.3, -0.25) is 4.98 Å². The normalized spacial score (nSPS) is 10.3. The number of nitrogens with one attached hydrogen (secondary N) is 1. The molecule has 0 atom stereocenters. The van der Waals surface area contributed by atoms with Crippen LogP contribution in [-0.4, -0.2) is 12.1 Å². The monoisotopic (exact) mass is 262 g/mol. The van der Waals surface area contributed by atoms with Gasteiger partial charge >= 0.3 is 0 Å². The fourth-order valence-corrected chi connectivity index (χ4v) is 1.90. The van der Waals surface area contributed by atoms with Crippen molar-refractivity contribution in [1.82, 2.24) is 4.98 Å². The standard InChI is InChI=1S/C14H15ClN2O/c1-18-10-12-4-2-3-11(7-12)8-17-14-5-6-16-9-13(14)15/h2-7,9H,8,10H2,1H3,(H,16,17). The third-order valence-electron chi connectivity index (χ3n) is 2.56. The molecule has 94 valence electrons. The summed E-state index contributed by atoms with van der Waals surface area (Å²) in [5.74, 6) is 0. The van der Waals surface area contributed by atoms with Crippen molar-refractivity contribution in [3.05, 3.63) is 58.9 Å². The summed E-state index contributed by atoms with van der Waals surface area (Å²) in [6, 6.07) is 10.1. The van der Waals surface area contributed by atoms with Crippen LogP contribution >= 0.6 is 11.6 Å². The molecule has 0 radical (unpaired) electrons. The molecule has 18 heavy (non-hydrogen) atoms. The van der Waals surface area contributed by atoms with Crippen LogP contribution in [0.4, 0.5) is 5.69 Å². The van der Waals surface area contributed by atoms with Crippen molar-refractivity contribution in [2.45, 2.75) is 13.2 Å². The Kier molecular flexibility index (Phi) is 4.56. The molecular formula is C14H15ClN2O. The van der Waals surface area contributed by atoms with Gasteiger partial charge in [0.2, 0.25) is 0 Å². The topological polar surface area (TPSA) is 34.1 Å². The average molecular weight is 263 g/mol. The number of methoxy groups -OCH3 is 1. The highest BCUT2D eigenvalue weighted by Gasteiger charge is 2.00. The molecule has 0 bridgehead atoms. The third kappa shape index (κ3) is 3.45. The molecule has 1 N–H and O–H groups in total. The maximum atomic E-state index is 6.03. The number of aromatic nitrogens is 1. The summed E-state index contributed by atoms with van der Waals surface area (Å²) in [7, 11) is 1.70. The van der Waals surface area contributed by atoms with Crippen molar-refractivity contribution in [3.63, 3.8) is 0 Å². The second kappa shape index (κ2) is 6.38. The Morgan fingerprint density at radius 2 is 2.11 bits per heavy atom. The molecule has 0 aliphatic rings. The first-order valence-corrected chi connectivity index (χ1v) is 6.07. The van der Waals surface area contributed by atoms with E-state index in [0.717, 1.165) is 17.8 Å². The zero-order valence-electron chi connectivity index (χ0n) is 10.2. The molecule has 0 saturated heterocycles. The van der Waals surface area contributed by atoms with Crippen LogP contribution in [0.2, 0.25) is 5.02 Å². The van der Waals surface area contributed by atoms with E-state index in [1.165, 1.54) is 5.56 Å². The Morgan fingerprint density at radius 1 is 1.28 bits per heavy atom. The Hall–Kier alpha value is -1.58. The second-order valence-electron chi connectivity index (χ2n) is 3.96. The number of hydrogen-bond donors (Lipinski definition) is 1. The molecule has 1 aromatic heterocycles. The highest BCUT2D eigenvalue weighted by molar-refractivity contribution is 6.33. The van der Waals surface area contributed by atoms with Gasteiger partial charge in [-0.25, -0.2) is 0 Å². The van der Waals surface area contributed by atoms with Gasteiger partial charge < -0.3 is 10.1 Å². The van der Waals surface area contributed by atoms with E-state index in [9.17, 15) is 0 Å². The van der Waals surface area contributed by atoms with Crippen molar-refractivity contribution in [1.29, 1.82) is 0 Å². The maximum Gasteiger partial charge on any atom is 0.0820 e. The molecule has 0 amide bonds. The van der Waals surface area contributed by atoms with E-state index in [0.29, 0.717) is 11.6 Å². The minimum atomic E-state index is 0.629. The van der Waals surface area contributed by atoms with Gasteiger partial charge in [-0.05, 0) is 17.2 Å². The fourth-order valence-electron chi connectivity index (χ4n) is 1.71. The molecule has 0 spiro atoms. The molecule has 3 nitrogen and oxygen atoms in total. The van der Waals surface area contributed by atoms with Gasteiger partial charge in [0.1, 0.15) is 0 Å². The number of nitrogens with zero attached hydrogens (tertiary/aromatic N) is 1. The molecule has 0 unspecified atom stereocenters. The van der Waals surface area contributed by atoms with Gasteiger partial charge in [-0.15, -0.1) is 0 Å². The zero-order valence-corrected chi connectivity index (χ0v) is 10.9. The molecule has 2 rings (SSSR count). The predicted molar refractivity (Wildman–Crippen MR) is 73.7 cm³/mol. The van der Waals surface area contributed by atoms with Crippen molar-refractivity contribution < 1.29 is 4.74 Å². The average Bonchev–Trinajstić information content (AvgIpc) is 2.39. The summed E-state index contributed by atoms with van der Waals surface area (Å²) in [5.41, 5.74) is 3.25. The van der Waals surface area contributed by atoms with E-state index in [2.05, 4.69) is 22.4 Å². The summed E-state index contributed by atoms with van der Waals surface area (Å²) in [5, 5.41) is 3.92. The predicted octanol–water partition coefficient (Wildman–Crippen LogP) is 3.49. The van der Waals surface area contributed by atoms with Crippen LogP contribution in [0.15, 0.2) is 42.7 Å². The Bertz CT molecular complexity index is 517. The number of ether oxygens (including phenoxy) is 1. The SMILES string of the molecule is COCc1cccc(CNc2ccncc2Cl)c1. The summed E-state index contributed by atoms with van der Waals surface area (Å²) < 4.78 is 5.11. The molecule has 0 aliphatic carbocycles. The first-order valence-electron chi connectivity index (χ1n) is 5.70. The molecule has 1 aromatic carbocycles. The largest absolute Gasteiger partial charge is 0.380 e.